The Hall–Kier alpha value is -3.56. The molecule has 0 aliphatic carbocycles. The fourth-order valence-corrected chi connectivity index (χ4v) is 4.72. The number of hydrogen-bond acceptors (Lipinski definition) is 8. The van der Waals surface area contributed by atoms with Crippen LogP contribution in [0.1, 0.15) is 36.1 Å². The first-order chi connectivity index (χ1) is 17.8. The van der Waals surface area contributed by atoms with Crippen LogP contribution in [-0.2, 0) is 14.3 Å². The number of phenols is 1. The number of carbonyl (C=O) groups excluding carboxylic acids is 2. The number of methoxy groups -OCH3 is 1. The number of ketones is 1. The van der Waals surface area contributed by atoms with E-state index in [0.29, 0.717) is 43.2 Å². The van der Waals surface area contributed by atoms with Crippen LogP contribution < -0.4 is 9.47 Å². The van der Waals surface area contributed by atoms with Gasteiger partial charge < -0.3 is 29.3 Å². The first-order valence-electron chi connectivity index (χ1n) is 12.5. The lowest BCUT2D eigenvalue weighted by Gasteiger charge is -2.31. The van der Waals surface area contributed by atoms with Crippen LogP contribution in [0.15, 0.2) is 42.0 Å². The van der Waals surface area contributed by atoms with E-state index in [1.807, 2.05) is 13.8 Å². The molecule has 37 heavy (non-hydrogen) atoms. The van der Waals surface area contributed by atoms with Crippen molar-refractivity contribution in [1.29, 1.82) is 0 Å². The second-order valence-electron chi connectivity index (χ2n) is 9.21. The van der Waals surface area contributed by atoms with Gasteiger partial charge in [0.1, 0.15) is 11.5 Å². The average Bonchev–Trinajstić information content (AvgIpc) is 3.16. The molecule has 2 aliphatic heterocycles. The number of carbonyl (C=O) groups is 2. The fraction of sp³-hybridized carbons (Fsp3) is 0.429. The zero-order valence-electron chi connectivity index (χ0n) is 21.5. The van der Waals surface area contributed by atoms with Crippen LogP contribution in [0.3, 0.4) is 0 Å². The number of ether oxygens (including phenoxy) is 3. The van der Waals surface area contributed by atoms with E-state index in [2.05, 4.69) is 4.90 Å². The number of aliphatic hydroxyl groups excluding tert-OH is 1. The van der Waals surface area contributed by atoms with Gasteiger partial charge in [0.25, 0.3) is 11.7 Å². The van der Waals surface area contributed by atoms with E-state index >= 15 is 0 Å². The van der Waals surface area contributed by atoms with E-state index < -0.39 is 17.7 Å². The zero-order valence-corrected chi connectivity index (χ0v) is 21.5. The van der Waals surface area contributed by atoms with Gasteiger partial charge in [0.2, 0.25) is 0 Å². The summed E-state index contributed by atoms with van der Waals surface area (Å²) in [6.07, 6.45) is 0.866. The highest BCUT2D eigenvalue weighted by Crippen LogP contribution is 2.42. The van der Waals surface area contributed by atoms with Crippen molar-refractivity contribution in [2.24, 2.45) is 0 Å². The topological polar surface area (TPSA) is 109 Å². The van der Waals surface area contributed by atoms with Gasteiger partial charge in [-0.15, -0.1) is 0 Å². The van der Waals surface area contributed by atoms with Crippen LogP contribution in [0, 0.1) is 6.92 Å². The Bertz CT molecular complexity index is 1190. The van der Waals surface area contributed by atoms with E-state index in [1.165, 1.54) is 18.1 Å². The molecule has 2 fully saturated rings. The quantitative estimate of drug-likeness (QED) is 0.301. The molecule has 9 heteroatoms. The predicted octanol–water partition coefficient (Wildman–Crippen LogP) is 3.25. The number of Topliss-reactive ketones (excluding diaryl/α,β-unsaturated/α-hetero) is 1. The lowest BCUT2D eigenvalue weighted by molar-refractivity contribution is -0.140. The molecule has 2 N–H and O–H groups in total. The van der Waals surface area contributed by atoms with Gasteiger partial charge in [-0.25, -0.2) is 0 Å². The first-order valence-corrected chi connectivity index (χ1v) is 12.5. The Balaban J connectivity index is 1.75. The number of rotatable bonds is 9. The highest BCUT2D eigenvalue weighted by molar-refractivity contribution is 6.46. The molecule has 198 valence electrons. The predicted molar refractivity (Wildman–Crippen MR) is 138 cm³/mol. The average molecular weight is 511 g/mol. The first kappa shape index (κ1) is 26.5. The van der Waals surface area contributed by atoms with Gasteiger partial charge >= 0.3 is 0 Å². The summed E-state index contributed by atoms with van der Waals surface area (Å²) >= 11 is 0. The third kappa shape index (κ3) is 5.57. The highest BCUT2D eigenvalue weighted by atomic mass is 16.5. The monoisotopic (exact) mass is 510 g/mol. The molecule has 2 saturated heterocycles. The molecule has 0 radical (unpaired) electrons. The Labute approximate surface area is 216 Å². The summed E-state index contributed by atoms with van der Waals surface area (Å²) < 4.78 is 16.4. The van der Waals surface area contributed by atoms with Crippen LogP contribution >= 0.6 is 0 Å². The number of morpholine rings is 1. The van der Waals surface area contributed by atoms with E-state index in [-0.39, 0.29) is 29.4 Å². The molecule has 1 atom stereocenters. The zero-order chi connectivity index (χ0) is 26.5. The minimum absolute atomic E-state index is 0.00125. The molecule has 2 aromatic carbocycles. The van der Waals surface area contributed by atoms with Crippen molar-refractivity contribution in [1.82, 2.24) is 9.80 Å². The maximum absolute atomic E-state index is 13.3. The lowest BCUT2D eigenvalue weighted by atomic mass is 9.94. The summed E-state index contributed by atoms with van der Waals surface area (Å²) in [4.78, 5) is 30.3. The van der Waals surface area contributed by atoms with Gasteiger partial charge in [0.05, 0.1) is 38.5 Å². The smallest absolute Gasteiger partial charge is 0.295 e. The number of likely N-dealkylation sites (tertiary alicyclic amines) is 1. The van der Waals surface area contributed by atoms with Crippen molar-refractivity contribution >= 4 is 17.4 Å². The highest BCUT2D eigenvalue weighted by Gasteiger charge is 2.46. The van der Waals surface area contributed by atoms with Crippen LogP contribution in [0.4, 0.5) is 0 Å². The van der Waals surface area contributed by atoms with Gasteiger partial charge in [-0.2, -0.15) is 0 Å². The minimum atomic E-state index is -0.841. The van der Waals surface area contributed by atoms with Crippen molar-refractivity contribution < 1.29 is 34.0 Å². The minimum Gasteiger partial charge on any atom is -0.507 e. The van der Waals surface area contributed by atoms with Crippen LogP contribution in [-0.4, -0.2) is 84.8 Å². The van der Waals surface area contributed by atoms with Gasteiger partial charge in [-0.05, 0) is 54.8 Å². The summed E-state index contributed by atoms with van der Waals surface area (Å²) in [5.41, 5.74) is 1.78. The number of benzene rings is 2. The van der Waals surface area contributed by atoms with Crippen molar-refractivity contribution in [3.05, 3.63) is 58.7 Å². The largest absolute Gasteiger partial charge is 0.507 e. The Morgan fingerprint density at radius 1 is 1.08 bits per heavy atom. The van der Waals surface area contributed by atoms with Gasteiger partial charge in [0.15, 0.2) is 11.5 Å². The molecule has 0 saturated carbocycles. The van der Waals surface area contributed by atoms with Crippen LogP contribution in [0.25, 0.3) is 5.76 Å². The molecular formula is C28H34N2O7. The third-order valence-corrected chi connectivity index (χ3v) is 6.73. The number of nitrogens with zero attached hydrogens (tertiary/aromatic N) is 2. The number of aryl methyl sites for hydroxylation is 1. The van der Waals surface area contributed by atoms with Crippen molar-refractivity contribution in [3.63, 3.8) is 0 Å². The molecular weight excluding hydrogens is 476 g/mol. The molecule has 4 rings (SSSR count). The molecule has 0 unspecified atom stereocenters. The van der Waals surface area contributed by atoms with E-state index in [0.717, 1.165) is 25.1 Å². The fourth-order valence-electron chi connectivity index (χ4n) is 4.72. The van der Waals surface area contributed by atoms with Crippen molar-refractivity contribution in [2.45, 2.75) is 26.3 Å². The normalized spacial score (nSPS) is 19.9. The van der Waals surface area contributed by atoms with E-state index in [1.54, 1.807) is 30.3 Å². The SMILES string of the molecule is CCCOc1ccc(C(O)=C2C(=O)C(=O)N(CCN3CCOCC3)[C@@H]2c2ccc(O)c(OC)c2)cc1C. The third-order valence-electron chi connectivity index (χ3n) is 6.73. The molecule has 2 heterocycles. The molecule has 1 amide bonds. The van der Waals surface area contributed by atoms with E-state index in [9.17, 15) is 19.8 Å². The number of hydrogen-bond donors (Lipinski definition) is 2. The number of aromatic hydroxyl groups is 1. The maximum Gasteiger partial charge on any atom is 0.295 e. The molecule has 0 aromatic heterocycles. The van der Waals surface area contributed by atoms with Gasteiger partial charge in [0, 0.05) is 31.7 Å². The van der Waals surface area contributed by atoms with E-state index in [4.69, 9.17) is 14.2 Å². The molecule has 9 nitrogen and oxygen atoms in total. The second kappa shape index (κ2) is 11.7. The molecule has 0 spiro atoms. The van der Waals surface area contributed by atoms with Crippen LogP contribution in [0.2, 0.25) is 0 Å². The molecule has 2 aliphatic rings. The van der Waals surface area contributed by atoms with Crippen molar-refractivity contribution in [3.8, 4) is 17.2 Å². The molecule has 2 aromatic rings. The number of amides is 1. The maximum atomic E-state index is 13.3. The van der Waals surface area contributed by atoms with Crippen LogP contribution in [0.5, 0.6) is 17.2 Å². The Kier molecular flexibility index (Phi) is 8.35. The number of phenolic OH excluding ortho intramolecular Hbond substituents is 1. The summed E-state index contributed by atoms with van der Waals surface area (Å²) in [5.74, 6) is -0.829. The molecule has 0 bridgehead atoms. The summed E-state index contributed by atoms with van der Waals surface area (Å²) in [7, 11) is 1.43. The summed E-state index contributed by atoms with van der Waals surface area (Å²) in [6, 6.07) is 9.03. The standard InChI is InChI=1S/C28H34N2O7/c1-4-13-37-22-8-6-20(16-18(22)2)26(32)24-25(19-5-7-21(31)23(17-19)35-3)30(28(34)27(24)33)10-9-29-11-14-36-15-12-29/h5-8,16-17,25,31-32H,4,9-15H2,1-3H3/t25-/m1/s1. The second-order valence-corrected chi connectivity index (χ2v) is 9.21. The summed E-state index contributed by atoms with van der Waals surface area (Å²) in [6.45, 7) is 8.03. The number of aliphatic hydroxyl groups is 1. The van der Waals surface area contributed by atoms with Gasteiger partial charge in [-0.3, -0.25) is 14.5 Å². The van der Waals surface area contributed by atoms with Crippen molar-refractivity contribution in [2.75, 3.05) is 53.1 Å². The Morgan fingerprint density at radius 3 is 2.51 bits per heavy atom. The van der Waals surface area contributed by atoms with Gasteiger partial charge in [-0.1, -0.05) is 13.0 Å². The lowest BCUT2D eigenvalue weighted by Crippen LogP contribution is -2.42. The Morgan fingerprint density at radius 2 is 1.84 bits per heavy atom. The summed E-state index contributed by atoms with van der Waals surface area (Å²) in [5, 5.41) is 21.5.